The molecular formula is C8H10N4O2. The van der Waals surface area contributed by atoms with E-state index in [1.54, 1.807) is 6.92 Å². The Morgan fingerprint density at radius 2 is 2.43 bits per heavy atom. The van der Waals surface area contributed by atoms with E-state index in [0.29, 0.717) is 10.4 Å². The van der Waals surface area contributed by atoms with Gasteiger partial charge in [-0.2, -0.15) is 4.68 Å². The Morgan fingerprint density at radius 1 is 1.79 bits per heavy atom. The van der Waals surface area contributed by atoms with E-state index in [1.165, 1.54) is 0 Å². The molecule has 1 heterocycles. The second-order valence-electron chi connectivity index (χ2n) is 2.65. The highest BCUT2D eigenvalue weighted by Crippen LogP contribution is 2.04. The van der Waals surface area contributed by atoms with Crippen LogP contribution in [0.4, 0.5) is 10.5 Å². The number of hydrogen-bond donors (Lipinski definition) is 3. The van der Waals surface area contributed by atoms with Crippen LogP contribution >= 0.6 is 0 Å². The van der Waals surface area contributed by atoms with Crippen molar-refractivity contribution in [2.45, 2.75) is 6.92 Å². The molecule has 6 heteroatoms. The fourth-order valence-electron chi connectivity index (χ4n) is 1.05. The molecule has 0 aromatic carbocycles. The maximum atomic E-state index is 11.4. The Labute approximate surface area is 80.1 Å². The van der Waals surface area contributed by atoms with Crippen molar-refractivity contribution in [2.75, 3.05) is 11.9 Å². The molecule has 1 aromatic rings. The van der Waals surface area contributed by atoms with Crippen molar-refractivity contribution in [2.24, 2.45) is 5.73 Å². The van der Waals surface area contributed by atoms with Gasteiger partial charge >= 0.3 is 6.03 Å². The lowest BCUT2D eigenvalue weighted by molar-refractivity contribution is 0.247. The molecule has 0 atom stereocenters. The van der Waals surface area contributed by atoms with Crippen molar-refractivity contribution < 1.29 is 4.79 Å². The molecule has 0 aliphatic rings. The van der Waals surface area contributed by atoms with Crippen LogP contribution in [0.1, 0.15) is 5.69 Å². The lowest BCUT2D eigenvalue weighted by Crippen LogP contribution is -2.30. The van der Waals surface area contributed by atoms with Crippen molar-refractivity contribution in [3.63, 3.8) is 0 Å². The molecule has 0 aliphatic carbocycles. The normalized spacial score (nSPS) is 9.43. The van der Waals surface area contributed by atoms with Gasteiger partial charge < -0.3 is 11.1 Å². The van der Waals surface area contributed by atoms with E-state index in [1.807, 2.05) is 0 Å². The third-order valence-corrected chi connectivity index (χ3v) is 1.66. The number of nitrogens with zero attached hydrogens (tertiary/aromatic N) is 1. The van der Waals surface area contributed by atoms with Crippen LogP contribution in [0.15, 0.2) is 4.79 Å². The summed E-state index contributed by atoms with van der Waals surface area (Å²) >= 11 is 0. The number of amides is 1. The molecule has 1 amide bonds. The maximum absolute atomic E-state index is 11.4. The molecule has 0 saturated carbocycles. The molecule has 0 bridgehead atoms. The zero-order chi connectivity index (χ0) is 10.7. The number of hydrogen-bond acceptors (Lipinski definition) is 3. The van der Waals surface area contributed by atoms with Gasteiger partial charge in [0.25, 0.3) is 5.56 Å². The number of aromatic nitrogens is 2. The lowest BCUT2D eigenvalue weighted by Gasteiger charge is -1.95. The first-order valence-electron chi connectivity index (χ1n) is 3.86. The van der Waals surface area contributed by atoms with Crippen molar-refractivity contribution in [3.05, 3.63) is 16.0 Å². The number of primary amides is 1. The molecule has 1 rings (SSSR count). The zero-order valence-corrected chi connectivity index (χ0v) is 7.63. The standard InChI is InChI=1S/C8H10N4O2/c1-3-4-10-6-5(2)11-12(7(6)13)8(9)14/h1,10-11H,4H2,2H3,(H2,9,14). The minimum absolute atomic E-state index is 0.215. The van der Waals surface area contributed by atoms with Crippen LogP contribution in [0.3, 0.4) is 0 Å². The van der Waals surface area contributed by atoms with Gasteiger partial charge in [0.1, 0.15) is 5.69 Å². The first-order valence-corrected chi connectivity index (χ1v) is 3.86. The number of carbonyl (C=O) groups excluding carboxylic acids is 1. The number of nitrogens with one attached hydrogen (secondary N) is 2. The summed E-state index contributed by atoms with van der Waals surface area (Å²) in [6.07, 6.45) is 5.02. The summed E-state index contributed by atoms with van der Waals surface area (Å²) in [5.41, 5.74) is 5.21. The van der Waals surface area contributed by atoms with E-state index in [0.717, 1.165) is 0 Å². The van der Waals surface area contributed by atoms with Gasteiger partial charge in [-0.05, 0) is 6.92 Å². The topological polar surface area (TPSA) is 92.9 Å². The zero-order valence-electron chi connectivity index (χ0n) is 7.63. The largest absolute Gasteiger partial charge is 0.368 e. The summed E-state index contributed by atoms with van der Waals surface area (Å²) in [6.45, 7) is 1.85. The number of aryl methyl sites for hydroxylation is 1. The van der Waals surface area contributed by atoms with Crippen molar-refractivity contribution in [1.29, 1.82) is 0 Å². The quantitative estimate of drug-likeness (QED) is 0.552. The molecule has 1 aromatic heterocycles. The monoisotopic (exact) mass is 194 g/mol. The number of rotatable bonds is 2. The molecule has 74 valence electrons. The molecule has 4 N–H and O–H groups in total. The highest BCUT2D eigenvalue weighted by atomic mass is 16.2. The Kier molecular flexibility index (Phi) is 2.62. The first-order chi connectivity index (χ1) is 6.57. The van der Waals surface area contributed by atoms with Gasteiger partial charge in [0.15, 0.2) is 0 Å². The number of anilines is 1. The fourth-order valence-corrected chi connectivity index (χ4v) is 1.05. The van der Waals surface area contributed by atoms with Gasteiger partial charge in [-0.25, -0.2) is 4.79 Å². The summed E-state index contributed by atoms with van der Waals surface area (Å²) < 4.78 is 0.716. The first kappa shape index (κ1) is 9.92. The summed E-state index contributed by atoms with van der Waals surface area (Å²) in [7, 11) is 0. The molecular weight excluding hydrogens is 184 g/mol. The summed E-state index contributed by atoms with van der Waals surface area (Å²) in [5.74, 6) is 2.32. The highest BCUT2D eigenvalue weighted by molar-refractivity contribution is 5.74. The lowest BCUT2D eigenvalue weighted by atomic mass is 10.4. The maximum Gasteiger partial charge on any atom is 0.341 e. The number of H-pyrrole nitrogens is 1. The predicted octanol–water partition coefficient (Wildman–Crippen LogP) is -0.543. The molecule has 0 unspecified atom stereocenters. The van der Waals surface area contributed by atoms with Crippen molar-refractivity contribution in [1.82, 2.24) is 9.78 Å². The smallest absolute Gasteiger partial charge is 0.341 e. The van der Waals surface area contributed by atoms with Crippen LogP contribution in [0, 0.1) is 19.3 Å². The Hall–Kier alpha value is -2.16. The van der Waals surface area contributed by atoms with Crippen LogP contribution in [-0.2, 0) is 0 Å². The summed E-state index contributed by atoms with van der Waals surface area (Å²) in [4.78, 5) is 22.2. The number of terminal acetylenes is 1. The third kappa shape index (κ3) is 1.61. The summed E-state index contributed by atoms with van der Waals surface area (Å²) in [6, 6.07) is -0.855. The van der Waals surface area contributed by atoms with Crippen LogP contribution in [0.25, 0.3) is 0 Å². The predicted molar refractivity (Wildman–Crippen MR) is 52.1 cm³/mol. The number of aromatic amines is 1. The second kappa shape index (κ2) is 3.70. The van der Waals surface area contributed by atoms with Gasteiger partial charge in [0.05, 0.1) is 12.2 Å². The van der Waals surface area contributed by atoms with Gasteiger partial charge in [-0.15, -0.1) is 6.42 Å². The molecule has 6 nitrogen and oxygen atoms in total. The van der Waals surface area contributed by atoms with Crippen molar-refractivity contribution in [3.8, 4) is 12.3 Å². The molecule has 0 saturated heterocycles. The molecule has 14 heavy (non-hydrogen) atoms. The Morgan fingerprint density at radius 3 is 2.86 bits per heavy atom. The fraction of sp³-hybridized carbons (Fsp3) is 0.250. The second-order valence-corrected chi connectivity index (χ2v) is 2.65. The van der Waals surface area contributed by atoms with Gasteiger partial charge in [-0.3, -0.25) is 9.89 Å². The number of carbonyl (C=O) groups is 1. The molecule has 0 fully saturated rings. The Bertz CT molecular complexity index is 449. The van der Waals surface area contributed by atoms with E-state index in [-0.39, 0.29) is 12.2 Å². The van der Waals surface area contributed by atoms with E-state index >= 15 is 0 Å². The minimum atomic E-state index is -0.855. The van der Waals surface area contributed by atoms with Crippen LogP contribution < -0.4 is 16.6 Å². The minimum Gasteiger partial charge on any atom is -0.368 e. The third-order valence-electron chi connectivity index (χ3n) is 1.66. The molecule has 0 aliphatic heterocycles. The van der Waals surface area contributed by atoms with E-state index in [9.17, 15) is 9.59 Å². The molecule has 0 radical (unpaired) electrons. The van der Waals surface area contributed by atoms with E-state index in [2.05, 4.69) is 16.3 Å². The number of nitrogens with two attached hydrogens (primary N) is 1. The Balaban J connectivity index is 3.13. The SMILES string of the molecule is C#CCNc1c(C)[nH]n(C(N)=O)c1=O. The van der Waals surface area contributed by atoms with Crippen LogP contribution in [0.2, 0.25) is 0 Å². The van der Waals surface area contributed by atoms with E-state index in [4.69, 9.17) is 12.2 Å². The highest BCUT2D eigenvalue weighted by Gasteiger charge is 2.12. The van der Waals surface area contributed by atoms with Crippen molar-refractivity contribution >= 4 is 11.7 Å². The molecule has 0 spiro atoms. The van der Waals surface area contributed by atoms with Gasteiger partial charge in [0, 0.05) is 0 Å². The van der Waals surface area contributed by atoms with E-state index < -0.39 is 11.6 Å². The average molecular weight is 194 g/mol. The average Bonchev–Trinajstić information content (AvgIpc) is 2.40. The van der Waals surface area contributed by atoms with Gasteiger partial charge in [-0.1, -0.05) is 5.92 Å². The van der Waals surface area contributed by atoms with Gasteiger partial charge in [0.2, 0.25) is 0 Å². The summed E-state index contributed by atoms with van der Waals surface area (Å²) in [5, 5.41) is 5.22. The van der Waals surface area contributed by atoms with Crippen LogP contribution in [0.5, 0.6) is 0 Å². The van der Waals surface area contributed by atoms with Crippen LogP contribution in [-0.4, -0.2) is 22.4 Å².